The van der Waals surface area contributed by atoms with Crippen LogP contribution in [0.4, 0.5) is 0 Å². The van der Waals surface area contributed by atoms with Gasteiger partial charge < -0.3 is 35.0 Å². The summed E-state index contributed by atoms with van der Waals surface area (Å²) in [5, 5.41) is 56.7. The topological polar surface area (TPSA) is 154 Å². The number of hydrogen-bond acceptors (Lipinski definition) is 9. The molecule has 1 aliphatic heterocycles. The molecule has 0 radical (unpaired) electrons. The average Bonchev–Trinajstić information content (AvgIpc) is 3.33. The molecule has 5 N–H and O–H groups in total. The van der Waals surface area contributed by atoms with E-state index in [0.717, 1.165) is 5.57 Å². The van der Waals surface area contributed by atoms with Crippen LogP contribution < -0.4 is 0 Å². The molecule has 0 bridgehead atoms. The molecule has 10 heteroatoms. The first kappa shape index (κ1) is 25.8. The van der Waals surface area contributed by atoms with Gasteiger partial charge in [0.25, 0.3) is 0 Å². The Bertz CT molecular complexity index is 940. The molecule has 0 saturated heterocycles. The number of esters is 2. The van der Waals surface area contributed by atoms with E-state index in [1.165, 1.54) is 6.08 Å². The van der Waals surface area contributed by atoms with Crippen molar-refractivity contribution in [2.45, 2.75) is 81.4 Å². The highest BCUT2D eigenvalue weighted by Gasteiger charge is 2.75. The second-order valence-corrected chi connectivity index (χ2v) is 12.4. The van der Waals surface area contributed by atoms with Crippen molar-refractivity contribution < 1.29 is 44.6 Å². The number of carbonyl (C=O) groups is 2. The van der Waals surface area contributed by atoms with Crippen molar-refractivity contribution in [3.63, 3.8) is 0 Å². The van der Waals surface area contributed by atoms with Crippen LogP contribution in [0.2, 0.25) is 0 Å². The number of cyclic esters (lactones) is 1. The largest absolute Gasteiger partial charge is 0.461 e. The third kappa shape index (κ3) is 3.42. The van der Waals surface area contributed by atoms with Crippen molar-refractivity contribution in [2.24, 2.45) is 28.6 Å². The fourth-order valence-electron chi connectivity index (χ4n) is 8.97. The lowest BCUT2D eigenvalue weighted by atomic mass is 9.40. The molecule has 4 aliphatic carbocycles. The van der Waals surface area contributed by atoms with Crippen LogP contribution in [-0.4, -0.2) is 84.6 Å². The van der Waals surface area contributed by atoms with E-state index in [1.807, 2.05) is 29.5 Å². The minimum atomic E-state index is -1.56. The standard InChI is InChI=1S/C25H35IO9/c1-22-9-17(35-20(31)10-26)21-16(25(22,33)5-3-15(22)13-6-19(30)34-11-13)2-4-23(32)8-14(28)7-18(29)24(21,23)12-27/h6,14-18,21,27-29,32-33H,2-5,7-12H2,1H3/t14-,15+,16+,17+,18+,21+,22+,23-,24+,25-/m0/s1. The predicted molar refractivity (Wildman–Crippen MR) is 130 cm³/mol. The van der Waals surface area contributed by atoms with Crippen LogP contribution in [0.3, 0.4) is 0 Å². The number of halogens is 1. The van der Waals surface area contributed by atoms with Gasteiger partial charge in [0, 0.05) is 30.3 Å². The zero-order valence-corrected chi connectivity index (χ0v) is 22.0. The third-order valence-corrected chi connectivity index (χ3v) is 11.0. The summed E-state index contributed by atoms with van der Waals surface area (Å²) in [6.45, 7) is 1.60. The number of aliphatic hydroxyl groups excluding tert-OH is 3. The van der Waals surface area contributed by atoms with Gasteiger partial charge in [-0.3, -0.25) is 4.79 Å². The van der Waals surface area contributed by atoms with E-state index < -0.39 is 70.7 Å². The van der Waals surface area contributed by atoms with Crippen molar-refractivity contribution >= 4 is 34.5 Å². The lowest BCUT2D eigenvalue weighted by molar-refractivity contribution is -0.318. The molecule has 4 saturated carbocycles. The van der Waals surface area contributed by atoms with Crippen LogP contribution in [0.25, 0.3) is 0 Å². The first-order valence-electron chi connectivity index (χ1n) is 12.5. The number of fused-ring (bicyclic) bond motifs is 5. The van der Waals surface area contributed by atoms with E-state index in [9.17, 15) is 35.1 Å². The summed E-state index contributed by atoms with van der Waals surface area (Å²) in [5.41, 5.74) is -4.15. The number of hydrogen-bond donors (Lipinski definition) is 5. The number of rotatable bonds is 4. The van der Waals surface area contributed by atoms with Crippen molar-refractivity contribution in [1.29, 1.82) is 0 Å². The number of carbonyl (C=O) groups excluding carboxylic acids is 2. The maximum Gasteiger partial charge on any atom is 0.331 e. The summed E-state index contributed by atoms with van der Waals surface area (Å²) in [6.07, 6.45) is 0.513. The van der Waals surface area contributed by atoms with Crippen molar-refractivity contribution in [1.82, 2.24) is 0 Å². The highest BCUT2D eigenvalue weighted by atomic mass is 127. The molecular formula is C25H35IO9. The molecule has 5 aliphatic rings. The van der Waals surface area contributed by atoms with Gasteiger partial charge in [0.2, 0.25) is 0 Å². The quantitative estimate of drug-likeness (QED) is 0.176. The Morgan fingerprint density at radius 2 is 1.97 bits per heavy atom. The summed E-state index contributed by atoms with van der Waals surface area (Å²) in [6, 6.07) is 0. The Labute approximate surface area is 218 Å². The molecule has 0 unspecified atom stereocenters. The molecule has 5 rings (SSSR count). The van der Waals surface area contributed by atoms with E-state index in [4.69, 9.17) is 9.47 Å². The molecule has 0 aromatic heterocycles. The molecule has 196 valence electrons. The Hall–Kier alpha value is -0.790. The van der Waals surface area contributed by atoms with Crippen LogP contribution in [0, 0.1) is 28.6 Å². The van der Waals surface area contributed by atoms with Gasteiger partial charge in [0.05, 0.1) is 39.9 Å². The minimum absolute atomic E-state index is 0.00541. The monoisotopic (exact) mass is 606 g/mol. The van der Waals surface area contributed by atoms with E-state index in [1.54, 1.807) is 0 Å². The molecule has 10 atom stereocenters. The Kier molecular flexibility index (Phi) is 6.37. The smallest absolute Gasteiger partial charge is 0.331 e. The van der Waals surface area contributed by atoms with Gasteiger partial charge >= 0.3 is 11.9 Å². The van der Waals surface area contributed by atoms with Crippen molar-refractivity contribution in [3.8, 4) is 0 Å². The molecule has 0 aromatic carbocycles. The SMILES string of the molecule is C[C@]12C[C@@H](OC(=O)CI)[C@H]3[C@@H](CC[C@]4(O)C[C@@H](O)C[C@@H](O)[C@]34CO)[C@@]1(O)CC[C@@H]2C1=CC(=O)OC1. The van der Waals surface area contributed by atoms with Gasteiger partial charge in [-0.05, 0) is 49.5 Å². The molecule has 9 nitrogen and oxygen atoms in total. The van der Waals surface area contributed by atoms with Crippen LogP contribution in [-0.2, 0) is 19.1 Å². The second-order valence-electron chi connectivity index (χ2n) is 11.6. The van der Waals surface area contributed by atoms with Crippen LogP contribution in [0.1, 0.15) is 51.9 Å². The summed E-state index contributed by atoms with van der Waals surface area (Å²) < 4.78 is 11.3. The van der Waals surface area contributed by atoms with Gasteiger partial charge in [-0.15, -0.1) is 0 Å². The average molecular weight is 606 g/mol. The first-order chi connectivity index (χ1) is 16.5. The molecule has 0 aromatic rings. The summed E-state index contributed by atoms with van der Waals surface area (Å²) in [7, 11) is 0. The highest BCUT2D eigenvalue weighted by molar-refractivity contribution is 14.1. The zero-order valence-electron chi connectivity index (χ0n) is 19.9. The van der Waals surface area contributed by atoms with Gasteiger partial charge in [-0.1, -0.05) is 29.5 Å². The first-order valence-corrected chi connectivity index (χ1v) is 14.0. The van der Waals surface area contributed by atoms with Crippen LogP contribution >= 0.6 is 22.6 Å². The van der Waals surface area contributed by atoms with Crippen LogP contribution in [0.15, 0.2) is 11.6 Å². The lowest BCUT2D eigenvalue weighted by Crippen LogP contribution is -2.76. The molecular weight excluding hydrogens is 571 g/mol. The van der Waals surface area contributed by atoms with Crippen molar-refractivity contribution in [3.05, 3.63) is 11.6 Å². The zero-order chi connectivity index (χ0) is 25.4. The molecule has 4 fully saturated rings. The van der Waals surface area contributed by atoms with E-state index in [-0.39, 0.29) is 42.6 Å². The van der Waals surface area contributed by atoms with E-state index >= 15 is 0 Å². The van der Waals surface area contributed by atoms with Gasteiger partial charge in [0.1, 0.15) is 12.7 Å². The fraction of sp³-hybridized carbons (Fsp3) is 0.840. The summed E-state index contributed by atoms with van der Waals surface area (Å²) >= 11 is 1.92. The lowest BCUT2D eigenvalue weighted by Gasteiger charge is -2.68. The van der Waals surface area contributed by atoms with E-state index in [2.05, 4.69) is 0 Å². The number of alkyl halides is 1. The Morgan fingerprint density at radius 1 is 1.23 bits per heavy atom. The Balaban J connectivity index is 1.63. The van der Waals surface area contributed by atoms with Crippen LogP contribution in [0.5, 0.6) is 0 Å². The maximum atomic E-state index is 12.6. The summed E-state index contributed by atoms with van der Waals surface area (Å²) in [4.78, 5) is 24.4. The normalized spacial score (nSPS) is 51.1. The number of aliphatic hydroxyl groups is 5. The fourth-order valence-corrected chi connectivity index (χ4v) is 9.15. The van der Waals surface area contributed by atoms with Crippen molar-refractivity contribution in [2.75, 3.05) is 17.6 Å². The predicted octanol–water partition coefficient (Wildman–Crippen LogP) is 0.619. The molecule has 0 spiro atoms. The minimum Gasteiger partial charge on any atom is -0.461 e. The molecule has 35 heavy (non-hydrogen) atoms. The van der Waals surface area contributed by atoms with Gasteiger partial charge in [-0.2, -0.15) is 0 Å². The molecule has 0 amide bonds. The Morgan fingerprint density at radius 3 is 2.60 bits per heavy atom. The third-order valence-electron chi connectivity index (χ3n) is 10.4. The maximum absolute atomic E-state index is 12.6. The van der Waals surface area contributed by atoms with Gasteiger partial charge in [0.15, 0.2) is 0 Å². The second kappa shape index (κ2) is 8.62. The van der Waals surface area contributed by atoms with Gasteiger partial charge in [-0.25, -0.2) is 4.79 Å². The number of ether oxygens (including phenoxy) is 2. The summed E-state index contributed by atoms with van der Waals surface area (Å²) in [5.74, 6) is -2.15. The van der Waals surface area contributed by atoms with E-state index in [0.29, 0.717) is 19.3 Å². The molecule has 1 heterocycles. The highest BCUT2D eigenvalue weighted by Crippen LogP contribution is 2.71.